The van der Waals surface area contributed by atoms with Crippen LogP contribution in [0.25, 0.3) is 0 Å². The van der Waals surface area contributed by atoms with Crippen LogP contribution in [0.15, 0.2) is 0 Å². The number of hydrogen-bond acceptors (Lipinski definition) is 3. The monoisotopic (exact) mass is 216 g/mol. The Morgan fingerprint density at radius 2 is 2.21 bits per heavy atom. The van der Waals surface area contributed by atoms with Gasteiger partial charge in [0, 0.05) is 6.54 Å². The smallest absolute Gasteiger partial charge is 0.214 e. The molecule has 80 valence electrons. The quantitative estimate of drug-likeness (QED) is 0.673. The topological polar surface area (TPSA) is 70.0 Å². The first-order valence-corrected chi connectivity index (χ1v) is 6.49. The second-order valence-electron chi connectivity index (χ2n) is 3.80. The maximum atomic E-state index is 11.3. The lowest BCUT2D eigenvalue weighted by atomic mass is 10.2. The van der Waals surface area contributed by atoms with Gasteiger partial charge in [0.05, 0.1) is 6.07 Å². The first-order valence-electron chi connectivity index (χ1n) is 4.94. The van der Waals surface area contributed by atoms with Gasteiger partial charge in [-0.1, -0.05) is 12.8 Å². The lowest BCUT2D eigenvalue weighted by Gasteiger charge is -2.06. The highest BCUT2D eigenvalue weighted by atomic mass is 32.2. The molecule has 1 N–H and O–H groups in total. The molecule has 0 radical (unpaired) electrons. The normalized spacial score (nSPS) is 18.9. The summed E-state index contributed by atoms with van der Waals surface area (Å²) in [5, 5.41) is 7.50. The van der Waals surface area contributed by atoms with E-state index < -0.39 is 15.3 Å². The number of sulfonamides is 1. The van der Waals surface area contributed by atoms with Crippen LogP contribution in [0.5, 0.6) is 0 Å². The summed E-state index contributed by atoms with van der Waals surface area (Å²) in [7, 11) is -3.40. The molecule has 5 heteroatoms. The molecule has 1 fully saturated rings. The molecule has 0 spiro atoms. The SMILES string of the molecule is CC(C#N)S(=O)(=O)NCCCC1CC1. The van der Waals surface area contributed by atoms with E-state index in [1.54, 1.807) is 6.07 Å². The van der Waals surface area contributed by atoms with Gasteiger partial charge in [0.1, 0.15) is 0 Å². The van der Waals surface area contributed by atoms with Crippen molar-refractivity contribution in [3.05, 3.63) is 0 Å². The summed E-state index contributed by atoms with van der Waals surface area (Å²) < 4.78 is 25.0. The van der Waals surface area contributed by atoms with E-state index in [1.165, 1.54) is 19.8 Å². The van der Waals surface area contributed by atoms with E-state index in [9.17, 15) is 8.42 Å². The van der Waals surface area contributed by atoms with E-state index >= 15 is 0 Å². The summed E-state index contributed by atoms with van der Waals surface area (Å²) in [6, 6.07) is 1.72. The van der Waals surface area contributed by atoms with Gasteiger partial charge in [0.2, 0.25) is 10.0 Å². The van der Waals surface area contributed by atoms with E-state index in [1.807, 2.05) is 0 Å². The molecule has 14 heavy (non-hydrogen) atoms. The van der Waals surface area contributed by atoms with Crippen molar-refractivity contribution in [2.75, 3.05) is 6.54 Å². The van der Waals surface area contributed by atoms with Crippen LogP contribution in [-0.4, -0.2) is 20.2 Å². The minimum absolute atomic E-state index is 0.463. The molecule has 1 aliphatic carbocycles. The summed E-state index contributed by atoms with van der Waals surface area (Å²) in [6.45, 7) is 1.86. The van der Waals surface area contributed by atoms with Crippen LogP contribution in [0, 0.1) is 17.2 Å². The molecule has 1 aliphatic rings. The van der Waals surface area contributed by atoms with Crippen LogP contribution in [-0.2, 0) is 10.0 Å². The minimum atomic E-state index is -3.40. The second kappa shape index (κ2) is 4.76. The Hall–Kier alpha value is -0.600. The molecule has 0 aromatic rings. The van der Waals surface area contributed by atoms with Gasteiger partial charge in [0.15, 0.2) is 5.25 Å². The molecule has 0 heterocycles. The van der Waals surface area contributed by atoms with E-state index in [-0.39, 0.29) is 0 Å². The molecule has 1 unspecified atom stereocenters. The van der Waals surface area contributed by atoms with Gasteiger partial charge < -0.3 is 0 Å². The number of rotatable bonds is 6. The van der Waals surface area contributed by atoms with Gasteiger partial charge in [-0.25, -0.2) is 13.1 Å². The highest BCUT2D eigenvalue weighted by Crippen LogP contribution is 2.33. The molecular formula is C9H16N2O2S. The van der Waals surface area contributed by atoms with Crippen molar-refractivity contribution < 1.29 is 8.42 Å². The molecule has 1 rings (SSSR count). The van der Waals surface area contributed by atoms with Crippen molar-refractivity contribution in [1.29, 1.82) is 5.26 Å². The molecule has 0 bridgehead atoms. The Kier molecular flexibility index (Phi) is 3.90. The van der Waals surface area contributed by atoms with Gasteiger partial charge in [-0.05, 0) is 25.7 Å². The van der Waals surface area contributed by atoms with E-state index in [0.717, 1.165) is 18.8 Å². The zero-order valence-electron chi connectivity index (χ0n) is 8.36. The predicted molar refractivity (Wildman–Crippen MR) is 54.0 cm³/mol. The molecule has 0 saturated heterocycles. The van der Waals surface area contributed by atoms with Crippen molar-refractivity contribution in [2.24, 2.45) is 5.92 Å². The molecular weight excluding hydrogens is 200 g/mol. The molecule has 0 amide bonds. The van der Waals surface area contributed by atoms with Crippen LogP contribution in [0.4, 0.5) is 0 Å². The number of nitrogens with zero attached hydrogens (tertiary/aromatic N) is 1. The minimum Gasteiger partial charge on any atom is -0.214 e. The maximum Gasteiger partial charge on any atom is 0.227 e. The van der Waals surface area contributed by atoms with Gasteiger partial charge in [-0.3, -0.25) is 0 Å². The highest BCUT2D eigenvalue weighted by Gasteiger charge is 2.22. The third-order valence-electron chi connectivity index (χ3n) is 2.44. The van der Waals surface area contributed by atoms with E-state index in [0.29, 0.717) is 6.54 Å². The Balaban J connectivity index is 2.18. The molecule has 0 aliphatic heterocycles. The number of nitriles is 1. The molecule has 1 atom stereocenters. The fourth-order valence-corrected chi connectivity index (χ4v) is 2.02. The van der Waals surface area contributed by atoms with E-state index in [2.05, 4.69) is 4.72 Å². The van der Waals surface area contributed by atoms with Crippen molar-refractivity contribution in [1.82, 2.24) is 4.72 Å². The van der Waals surface area contributed by atoms with Gasteiger partial charge >= 0.3 is 0 Å². The first-order chi connectivity index (χ1) is 6.56. The molecule has 1 saturated carbocycles. The number of nitrogens with one attached hydrogen (secondary N) is 1. The Morgan fingerprint density at radius 3 is 2.71 bits per heavy atom. The summed E-state index contributed by atoms with van der Waals surface area (Å²) in [5.41, 5.74) is 0. The highest BCUT2D eigenvalue weighted by molar-refractivity contribution is 7.90. The van der Waals surface area contributed by atoms with Crippen LogP contribution < -0.4 is 4.72 Å². The fourth-order valence-electron chi connectivity index (χ4n) is 1.21. The van der Waals surface area contributed by atoms with Crippen LogP contribution in [0.3, 0.4) is 0 Å². The van der Waals surface area contributed by atoms with Crippen molar-refractivity contribution in [3.63, 3.8) is 0 Å². The van der Waals surface area contributed by atoms with Crippen molar-refractivity contribution in [3.8, 4) is 6.07 Å². The average Bonchev–Trinajstić information content (AvgIpc) is 2.94. The zero-order valence-corrected chi connectivity index (χ0v) is 9.18. The van der Waals surface area contributed by atoms with Gasteiger partial charge in [-0.2, -0.15) is 5.26 Å². The lowest BCUT2D eigenvalue weighted by molar-refractivity contribution is 0.568. The molecule has 4 nitrogen and oxygen atoms in total. The van der Waals surface area contributed by atoms with Gasteiger partial charge in [0.25, 0.3) is 0 Å². The molecule has 0 aromatic heterocycles. The molecule has 0 aromatic carbocycles. The van der Waals surface area contributed by atoms with Crippen LogP contribution in [0.1, 0.15) is 32.6 Å². The van der Waals surface area contributed by atoms with Crippen molar-refractivity contribution in [2.45, 2.75) is 37.9 Å². The third-order valence-corrected chi connectivity index (χ3v) is 4.08. The summed E-state index contributed by atoms with van der Waals surface area (Å²) in [4.78, 5) is 0. The summed E-state index contributed by atoms with van der Waals surface area (Å²) in [5.74, 6) is 0.827. The standard InChI is InChI=1S/C9H16N2O2S/c1-8(7-10)14(12,13)11-6-2-3-9-4-5-9/h8-9,11H,2-6H2,1H3. The summed E-state index contributed by atoms with van der Waals surface area (Å²) >= 11 is 0. The van der Waals surface area contributed by atoms with Crippen molar-refractivity contribution >= 4 is 10.0 Å². The second-order valence-corrected chi connectivity index (χ2v) is 5.88. The van der Waals surface area contributed by atoms with Crippen LogP contribution in [0.2, 0.25) is 0 Å². The Labute approximate surface area is 85.4 Å². The third kappa shape index (κ3) is 3.64. The van der Waals surface area contributed by atoms with Crippen LogP contribution >= 0.6 is 0 Å². The van der Waals surface area contributed by atoms with E-state index in [4.69, 9.17) is 5.26 Å². The maximum absolute atomic E-state index is 11.3. The predicted octanol–water partition coefficient (Wildman–Crippen LogP) is 1.01. The largest absolute Gasteiger partial charge is 0.227 e. The first kappa shape index (κ1) is 11.5. The Bertz CT molecular complexity index is 314. The average molecular weight is 216 g/mol. The number of hydrogen-bond donors (Lipinski definition) is 1. The Morgan fingerprint density at radius 1 is 1.57 bits per heavy atom. The fraction of sp³-hybridized carbons (Fsp3) is 0.889. The van der Waals surface area contributed by atoms with Gasteiger partial charge in [-0.15, -0.1) is 0 Å². The zero-order chi connectivity index (χ0) is 10.6. The lowest BCUT2D eigenvalue weighted by Crippen LogP contribution is -2.32. The summed E-state index contributed by atoms with van der Waals surface area (Å²) in [6.07, 6.45) is 4.56.